The molecule has 0 amide bonds. The van der Waals surface area contributed by atoms with Crippen molar-refractivity contribution in [1.82, 2.24) is 10.2 Å². The van der Waals surface area contributed by atoms with Crippen molar-refractivity contribution in [3.8, 4) is 23.0 Å². The third kappa shape index (κ3) is 3.43. The third-order valence-corrected chi connectivity index (χ3v) is 4.43. The molecule has 1 aliphatic heterocycles. The minimum atomic E-state index is 0.122. The third-order valence-electron chi connectivity index (χ3n) is 4.43. The summed E-state index contributed by atoms with van der Waals surface area (Å²) in [5, 5.41) is 8.37. The van der Waals surface area contributed by atoms with Crippen LogP contribution in [0.1, 0.15) is 37.8 Å². The zero-order valence-corrected chi connectivity index (χ0v) is 15.3. The van der Waals surface area contributed by atoms with Crippen LogP contribution in [-0.2, 0) is 11.8 Å². The van der Waals surface area contributed by atoms with Crippen molar-refractivity contribution in [1.29, 1.82) is 0 Å². The standard InChI is InChI=1S/C21H22N2O3/c1-21(2,3)16-7-5-15(6-8-16)20-23-22-19(26-20)13-14-4-9-17-18(12-14)25-11-10-24-17/h4-9,12H,10-11,13H2,1-3H3. The second kappa shape index (κ2) is 6.48. The zero-order chi connectivity index (χ0) is 18.1. The van der Waals surface area contributed by atoms with E-state index >= 15 is 0 Å². The van der Waals surface area contributed by atoms with Crippen LogP contribution in [0.2, 0.25) is 0 Å². The second-order valence-electron chi connectivity index (χ2n) is 7.48. The quantitative estimate of drug-likeness (QED) is 0.701. The van der Waals surface area contributed by atoms with Crippen molar-refractivity contribution < 1.29 is 13.9 Å². The van der Waals surface area contributed by atoms with Gasteiger partial charge in [-0.3, -0.25) is 0 Å². The topological polar surface area (TPSA) is 57.4 Å². The molecule has 0 saturated carbocycles. The van der Waals surface area contributed by atoms with Crippen LogP contribution in [0, 0.1) is 0 Å². The molecule has 0 aliphatic carbocycles. The van der Waals surface area contributed by atoms with E-state index < -0.39 is 0 Å². The largest absolute Gasteiger partial charge is 0.486 e. The molecule has 0 atom stereocenters. The minimum absolute atomic E-state index is 0.122. The number of aromatic nitrogens is 2. The van der Waals surface area contributed by atoms with Gasteiger partial charge in [0.1, 0.15) is 13.2 Å². The van der Waals surface area contributed by atoms with Gasteiger partial charge in [0, 0.05) is 5.56 Å². The molecule has 2 heterocycles. The highest BCUT2D eigenvalue weighted by Gasteiger charge is 2.16. The zero-order valence-electron chi connectivity index (χ0n) is 15.3. The first-order valence-electron chi connectivity index (χ1n) is 8.81. The Morgan fingerprint density at radius 1 is 0.885 bits per heavy atom. The summed E-state index contributed by atoms with van der Waals surface area (Å²) >= 11 is 0. The van der Waals surface area contributed by atoms with E-state index in [9.17, 15) is 0 Å². The smallest absolute Gasteiger partial charge is 0.247 e. The molecule has 5 heteroatoms. The molecule has 1 aliphatic rings. The summed E-state index contributed by atoms with van der Waals surface area (Å²) in [6.45, 7) is 7.75. The van der Waals surface area contributed by atoms with Gasteiger partial charge in [-0.15, -0.1) is 10.2 Å². The lowest BCUT2D eigenvalue weighted by Gasteiger charge is -2.18. The Kier molecular flexibility index (Phi) is 4.15. The predicted molar refractivity (Wildman–Crippen MR) is 98.7 cm³/mol. The van der Waals surface area contributed by atoms with Gasteiger partial charge in [-0.05, 0) is 40.8 Å². The number of hydrogen-bond donors (Lipinski definition) is 0. The van der Waals surface area contributed by atoms with Crippen molar-refractivity contribution >= 4 is 0 Å². The van der Waals surface area contributed by atoms with Crippen LogP contribution in [-0.4, -0.2) is 23.4 Å². The summed E-state index contributed by atoms with van der Waals surface area (Å²) < 4.78 is 17.0. The molecule has 0 spiro atoms. The fourth-order valence-electron chi connectivity index (χ4n) is 2.93. The average molecular weight is 350 g/mol. The van der Waals surface area contributed by atoms with E-state index in [1.165, 1.54) is 5.56 Å². The second-order valence-corrected chi connectivity index (χ2v) is 7.48. The van der Waals surface area contributed by atoms with Gasteiger partial charge in [0.15, 0.2) is 11.5 Å². The number of rotatable bonds is 3. The van der Waals surface area contributed by atoms with Gasteiger partial charge in [-0.2, -0.15) is 0 Å². The molecule has 5 nitrogen and oxygen atoms in total. The minimum Gasteiger partial charge on any atom is -0.486 e. The fourth-order valence-corrected chi connectivity index (χ4v) is 2.93. The Morgan fingerprint density at radius 3 is 2.35 bits per heavy atom. The van der Waals surface area contributed by atoms with Crippen LogP contribution in [0.4, 0.5) is 0 Å². The molecule has 4 rings (SSSR count). The van der Waals surface area contributed by atoms with E-state index in [4.69, 9.17) is 13.9 Å². The van der Waals surface area contributed by atoms with E-state index in [2.05, 4.69) is 43.1 Å². The van der Waals surface area contributed by atoms with E-state index in [1.54, 1.807) is 0 Å². The molecule has 0 radical (unpaired) electrons. The van der Waals surface area contributed by atoms with Gasteiger partial charge in [-0.1, -0.05) is 39.0 Å². The Labute approximate surface area is 153 Å². The van der Waals surface area contributed by atoms with Crippen molar-refractivity contribution in [2.45, 2.75) is 32.6 Å². The summed E-state index contributed by atoms with van der Waals surface area (Å²) in [5.41, 5.74) is 3.38. The average Bonchev–Trinajstić information content (AvgIpc) is 3.09. The van der Waals surface area contributed by atoms with Gasteiger partial charge >= 0.3 is 0 Å². The van der Waals surface area contributed by atoms with Crippen molar-refractivity contribution in [2.75, 3.05) is 13.2 Å². The van der Waals surface area contributed by atoms with Crippen molar-refractivity contribution in [3.63, 3.8) is 0 Å². The molecule has 0 saturated heterocycles. The fraction of sp³-hybridized carbons (Fsp3) is 0.333. The van der Waals surface area contributed by atoms with Gasteiger partial charge in [0.2, 0.25) is 11.8 Å². The summed E-state index contributed by atoms with van der Waals surface area (Å²) in [5.74, 6) is 2.67. The first-order valence-corrected chi connectivity index (χ1v) is 8.81. The summed E-state index contributed by atoms with van der Waals surface area (Å²) in [7, 11) is 0. The monoisotopic (exact) mass is 350 g/mol. The van der Waals surface area contributed by atoms with Crippen LogP contribution >= 0.6 is 0 Å². The first kappa shape index (κ1) is 16.6. The van der Waals surface area contributed by atoms with Crippen LogP contribution in [0.5, 0.6) is 11.5 Å². The Balaban J connectivity index is 1.51. The molecule has 0 fully saturated rings. The lowest BCUT2D eigenvalue weighted by Crippen LogP contribution is -2.15. The molecular formula is C21H22N2O3. The summed E-state index contributed by atoms with van der Waals surface area (Å²) in [4.78, 5) is 0. The molecular weight excluding hydrogens is 328 g/mol. The Hall–Kier alpha value is -2.82. The van der Waals surface area contributed by atoms with Crippen molar-refractivity contribution in [2.24, 2.45) is 0 Å². The Bertz CT molecular complexity index is 908. The maximum absolute atomic E-state index is 5.85. The molecule has 26 heavy (non-hydrogen) atoms. The van der Waals surface area contributed by atoms with Crippen molar-refractivity contribution in [3.05, 3.63) is 59.5 Å². The molecule has 2 aromatic carbocycles. The lowest BCUT2D eigenvalue weighted by atomic mass is 9.87. The van der Waals surface area contributed by atoms with Gasteiger partial charge < -0.3 is 13.9 Å². The molecule has 134 valence electrons. The highest BCUT2D eigenvalue weighted by molar-refractivity contribution is 5.53. The maximum Gasteiger partial charge on any atom is 0.247 e. The van der Waals surface area contributed by atoms with Gasteiger partial charge in [-0.25, -0.2) is 0 Å². The number of ether oxygens (including phenoxy) is 2. The maximum atomic E-state index is 5.85. The summed E-state index contributed by atoms with van der Waals surface area (Å²) in [6.07, 6.45) is 0.559. The molecule has 3 aromatic rings. The van der Waals surface area contributed by atoms with E-state index in [-0.39, 0.29) is 5.41 Å². The highest BCUT2D eigenvalue weighted by atomic mass is 16.6. The highest BCUT2D eigenvalue weighted by Crippen LogP contribution is 2.31. The SMILES string of the molecule is CC(C)(C)c1ccc(-c2nnc(Cc3ccc4c(c3)OCCO4)o2)cc1. The Morgan fingerprint density at radius 2 is 1.62 bits per heavy atom. The molecule has 0 unspecified atom stereocenters. The van der Waals surface area contributed by atoms with Crippen LogP contribution in [0.3, 0.4) is 0 Å². The summed E-state index contributed by atoms with van der Waals surface area (Å²) in [6, 6.07) is 14.2. The number of hydrogen-bond acceptors (Lipinski definition) is 5. The lowest BCUT2D eigenvalue weighted by molar-refractivity contribution is 0.171. The number of fused-ring (bicyclic) bond motifs is 1. The molecule has 0 N–H and O–H groups in total. The van der Waals surface area contributed by atoms with Crippen LogP contribution < -0.4 is 9.47 Å². The van der Waals surface area contributed by atoms with Crippen LogP contribution in [0.15, 0.2) is 46.9 Å². The normalized spacial score (nSPS) is 13.7. The number of nitrogens with zero attached hydrogens (tertiary/aromatic N) is 2. The molecule has 1 aromatic heterocycles. The predicted octanol–water partition coefficient (Wildman–Crippen LogP) is 4.40. The first-order chi connectivity index (χ1) is 12.5. The van der Waals surface area contributed by atoms with E-state index in [0.29, 0.717) is 31.4 Å². The van der Waals surface area contributed by atoms with Gasteiger partial charge in [0.25, 0.3) is 0 Å². The van der Waals surface area contributed by atoms with Gasteiger partial charge in [0.05, 0.1) is 6.42 Å². The van der Waals surface area contributed by atoms with E-state index in [1.807, 2.05) is 30.3 Å². The molecule has 0 bridgehead atoms. The van der Waals surface area contributed by atoms with E-state index in [0.717, 1.165) is 22.6 Å². The van der Waals surface area contributed by atoms with Crippen LogP contribution in [0.25, 0.3) is 11.5 Å². The number of benzene rings is 2.